The molecule has 0 aliphatic carbocycles. The first-order valence-electron chi connectivity index (χ1n) is 6.73. The summed E-state index contributed by atoms with van der Waals surface area (Å²) in [6, 6.07) is 16.2. The zero-order chi connectivity index (χ0) is 11.5. The van der Waals surface area contributed by atoms with E-state index in [1.165, 1.54) is 48.6 Å². The molecule has 3 rings (SSSR count). The summed E-state index contributed by atoms with van der Waals surface area (Å²) in [5, 5.41) is 5.35. The van der Waals surface area contributed by atoms with Gasteiger partial charge in [-0.2, -0.15) is 0 Å². The molecule has 2 aromatic carbocycles. The first kappa shape index (κ1) is 10.8. The highest BCUT2D eigenvalue weighted by Gasteiger charge is 2.17. The SMILES string of the molecule is c1ccc2c(C[C@H]3CCCC[NH2+]3)cccc2c1. The smallest absolute Gasteiger partial charge is 0.0900 e. The lowest BCUT2D eigenvalue weighted by atomic mass is 9.94. The number of nitrogens with two attached hydrogens (primary N) is 1. The molecule has 1 heteroatoms. The van der Waals surface area contributed by atoms with Gasteiger partial charge in [0.1, 0.15) is 0 Å². The van der Waals surface area contributed by atoms with E-state index in [1.807, 2.05) is 0 Å². The maximum atomic E-state index is 2.53. The van der Waals surface area contributed by atoms with Gasteiger partial charge in [-0.25, -0.2) is 0 Å². The Morgan fingerprint density at radius 2 is 1.88 bits per heavy atom. The lowest BCUT2D eigenvalue weighted by Gasteiger charge is -2.20. The molecule has 0 unspecified atom stereocenters. The van der Waals surface area contributed by atoms with Crippen LogP contribution in [-0.2, 0) is 6.42 Å². The minimum absolute atomic E-state index is 0.801. The van der Waals surface area contributed by atoms with Crippen LogP contribution in [0.5, 0.6) is 0 Å². The molecule has 2 aromatic rings. The van der Waals surface area contributed by atoms with Crippen molar-refractivity contribution in [2.75, 3.05) is 6.54 Å². The van der Waals surface area contributed by atoms with Gasteiger partial charge < -0.3 is 5.32 Å². The molecule has 1 aliphatic heterocycles. The van der Waals surface area contributed by atoms with Crippen molar-refractivity contribution < 1.29 is 5.32 Å². The van der Waals surface area contributed by atoms with Crippen LogP contribution in [0.3, 0.4) is 0 Å². The standard InChI is InChI=1S/C16H19N/c1-2-10-16-13(6-1)7-5-8-14(16)12-15-9-3-4-11-17-15/h1-2,5-8,10,15,17H,3-4,9,11-12H2/p+1/t15-/m1/s1. The Balaban J connectivity index is 1.89. The summed E-state index contributed by atoms with van der Waals surface area (Å²) in [6.07, 6.45) is 5.41. The highest BCUT2D eigenvalue weighted by molar-refractivity contribution is 5.85. The Bertz CT molecular complexity index is 492. The fourth-order valence-electron chi connectivity index (χ4n) is 2.96. The van der Waals surface area contributed by atoms with Gasteiger partial charge in [0.25, 0.3) is 0 Å². The number of benzene rings is 2. The Kier molecular flexibility index (Phi) is 3.10. The molecule has 0 radical (unpaired) electrons. The van der Waals surface area contributed by atoms with Gasteiger partial charge in [0, 0.05) is 6.42 Å². The number of piperidine rings is 1. The maximum Gasteiger partial charge on any atom is 0.0900 e. The van der Waals surface area contributed by atoms with Crippen LogP contribution in [0.1, 0.15) is 24.8 Å². The van der Waals surface area contributed by atoms with Gasteiger partial charge in [0.05, 0.1) is 12.6 Å². The molecule has 0 saturated carbocycles. The summed E-state index contributed by atoms with van der Waals surface area (Å²) in [5.74, 6) is 0. The molecule has 1 atom stereocenters. The zero-order valence-corrected chi connectivity index (χ0v) is 10.2. The van der Waals surface area contributed by atoms with Crippen LogP contribution < -0.4 is 5.32 Å². The summed E-state index contributed by atoms with van der Waals surface area (Å²) < 4.78 is 0. The predicted molar refractivity (Wildman–Crippen MR) is 72.1 cm³/mol. The van der Waals surface area contributed by atoms with Crippen LogP contribution in [-0.4, -0.2) is 12.6 Å². The molecule has 1 heterocycles. The van der Waals surface area contributed by atoms with E-state index in [4.69, 9.17) is 0 Å². The molecular weight excluding hydrogens is 206 g/mol. The molecule has 2 N–H and O–H groups in total. The third-order valence-electron chi connectivity index (χ3n) is 3.89. The second kappa shape index (κ2) is 4.89. The molecule has 1 aliphatic rings. The Labute approximate surface area is 103 Å². The van der Waals surface area contributed by atoms with Crippen LogP contribution in [0.2, 0.25) is 0 Å². The van der Waals surface area contributed by atoms with Gasteiger partial charge >= 0.3 is 0 Å². The predicted octanol–water partition coefficient (Wildman–Crippen LogP) is 2.50. The number of hydrogen-bond acceptors (Lipinski definition) is 0. The molecule has 0 bridgehead atoms. The first-order valence-corrected chi connectivity index (χ1v) is 6.73. The fourth-order valence-corrected chi connectivity index (χ4v) is 2.96. The van der Waals surface area contributed by atoms with Gasteiger partial charge in [-0.1, -0.05) is 42.5 Å². The van der Waals surface area contributed by atoms with Crippen molar-refractivity contribution in [3.05, 3.63) is 48.0 Å². The van der Waals surface area contributed by atoms with Gasteiger partial charge in [-0.3, -0.25) is 0 Å². The van der Waals surface area contributed by atoms with E-state index in [9.17, 15) is 0 Å². The Morgan fingerprint density at radius 1 is 1.00 bits per heavy atom. The van der Waals surface area contributed by atoms with Crippen molar-refractivity contribution in [2.24, 2.45) is 0 Å². The van der Waals surface area contributed by atoms with Crippen LogP contribution in [0.25, 0.3) is 10.8 Å². The molecule has 17 heavy (non-hydrogen) atoms. The summed E-state index contributed by atoms with van der Waals surface area (Å²) in [7, 11) is 0. The van der Waals surface area contributed by atoms with Crippen molar-refractivity contribution in [2.45, 2.75) is 31.7 Å². The molecular formula is C16H20N+. The van der Waals surface area contributed by atoms with Crippen LogP contribution in [0.15, 0.2) is 42.5 Å². The van der Waals surface area contributed by atoms with E-state index in [-0.39, 0.29) is 0 Å². The number of rotatable bonds is 2. The van der Waals surface area contributed by atoms with Crippen LogP contribution in [0.4, 0.5) is 0 Å². The molecule has 0 aromatic heterocycles. The van der Waals surface area contributed by atoms with Crippen molar-refractivity contribution >= 4 is 10.8 Å². The van der Waals surface area contributed by atoms with E-state index >= 15 is 0 Å². The van der Waals surface area contributed by atoms with Crippen molar-refractivity contribution in [1.29, 1.82) is 0 Å². The summed E-state index contributed by atoms with van der Waals surface area (Å²) in [6.45, 7) is 1.31. The summed E-state index contributed by atoms with van der Waals surface area (Å²) >= 11 is 0. The lowest BCUT2D eigenvalue weighted by molar-refractivity contribution is -0.697. The quantitative estimate of drug-likeness (QED) is 0.810. The van der Waals surface area contributed by atoms with Crippen molar-refractivity contribution in [3.63, 3.8) is 0 Å². The third kappa shape index (κ3) is 2.34. The van der Waals surface area contributed by atoms with E-state index < -0.39 is 0 Å². The number of hydrogen-bond donors (Lipinski definition) is 1. The Hall–Kier alpha value is -1.34. The van der Waals surface area contributed by atoms with E-state index in [0.717, 1.165) is 6.04 Å². The molecule has 0 spiro atoms. The second-order valence-electron chi connectivity index (χ2n) is 5.12. The third-order valence-corrected chi connectivity index (χ3v) is 3.89. The zero-order valence-electron chi connectivity index (χ0n) is 10.2. The average molecular weight is 226 g/mol. The first-order chi connectivity index (χ1) is 8.43. The molecule has 1 fully saturated rings. The second-order valence-corrected chi connectivity index (χ2v) is 5.12. The van der Waals surface area contributed by atoms with Crippen LogP contribution in [0, 0.1) is 0 Å². The monoisotopic (exact) mass is 226 g/mol. The lowest BCUT2D eigenvalue weighted by Crippen LogP contribution is -2.91. The van der Waals surface area contributed by atoms with Gasteiger partial charge in [0.15, 0.2) is 0 Å². The van der Waals surface area contributed by atoms with Gasteiger partial charge in [-0.05, 0) is 35.6 Å². The van der Waals surface area contributed by atoms with Crippen LogP contribution >= 0.6 is 0 Å². The average Bonchev–Trinajstić information content (AvgIpc) is 2.40. The largest absolute Gasteiger partial charge is 0.344 e. The minimum Gasteiger partial charge on any atom is -0.344 e. The molecule has 1 nitrogen and oxygen atoms in total. The van der Waals surface area contributed by atoms with E-state index in [2.05, 4.69) is 47.8 Å². The summed E-state index contributed by atoms with van der Waals surface area (Å²) in [5.41, 5.74) is 1.52. The van der Waals surface area contributed by atoms with Gasteiger partial charge in [0.2, 0.25) is 0 Å². The van der Waals surface area contributed by atoms with Gasteiger partial charge in [-0.15, -0.1) is 0 Å². The topological polar surface area (TPSA) is 16.6 Å². The van der Waals surface area contributed by atoms with Crippen molar-refractivity contribution in [1.82, 2.24) is 0 Å². The molecule has 0 amide bonds. The number of quaternary nitrogens is 1. The number of fused-ring (bicyclic) bond motifs is 1. The van der Waals surface area contributed by atoms with E-state index in [1.54, 1.807) is 0 Å². The maximum absolute atomic E-state index is 2.53. The molecule has 88 valence electrons. The normalized spacial score (nSPS) is 20.6. The highest BCUT2D eigenvalue weighted by atomic mass is 14.9. The Morgan fingerprint density at radius 3 is 2.76 bits per heavy atom. The van der Waals surface area contributed by atoms with E-state index in [0.29, 0.717) is 0 Å². The fraction of sp³-hybridized carbons (Fsp3) is 0.375. The summed E-state index contributed by atoms with van der Waals surface area (Å²) in [4.78, 5) is 0. The van der Waals surface area contributed by atoms with Crippen molar-refractivity contribution in [3.8, 4) is 0 Å². The highest BCUT2D eigenvalue weighted by Crippen LogP contribution is 2.20. The molecule has 1 saturated heterocycles. The minimum atomic E-state index is 0.801.